The minimum Gasteiger partial charge on any atom is -0.476 e. The first-order valence-electron chi connectivity index (χ1n) is 11.4. The fourth-order valence-electron chi connectivity index (χ4n) is 3.67. The number of nitrogens with one attached hydrogen (secondary N) is 1. The molecule has 0 saturated carbocycles. The van der Waals surface area contributed by atoms with E-state index in [1.54, 1.807) is 46.0 Å². The zero-order chi connectivity index (χ0) is 25.8. The number of carbonyl (C=O) groups is 1. The van der Waals surface area contributed by atoms with Crippen LogP contribution in [0.15, 0.2) is 39.7 Å². The fraction of sp³-hybridized carbons (Fsp3) is 0.440. The van der Waals surface area contributed by atoms with Crippen molar-refractivity contribution in [1.82, 2.24) is 14.9 Å². The molecule has 2 N–H and O–H groups in total. The third-order valence-corrected chi connectivity index (χ3v) is 5.41. The van der Waals surface area contributed by atoms with Crippen molar-refractivity contribution in [1.29, 1.82) is 0 Å². The van der Waals surface area contributed by atoms with Crippen molar-refractivity contribution in [3.8, 4) is 5.88 Å². The van der Waals surface area contributed by atoms with E-state index < -0.39 is 17.3 Å². The molecule has 188 valence electrons. The molecule has 1 amide bonds. The number of carboxylic acid groups (broad SMARTS) is 1. The summed E-state index contributed by atoms with van der Waals surface area (Å²) in [4.78, 5) is 36.7. The SMILES string of the molecule is Cc1c(N(C(=O)O)C(C)(C)C)ccc2nc(NCCc3ccc(OCCN(C)C)nc3)oc(=O)c12. The Labute approximate surface area is 204 Å². The molecular weight excluding hydrogens is 450 g/mol. The van der Waals surface area contributed by atoms with Crippen molar-refractivity contribution in [2.45, 2.75) is 39.7 Å². The molecule has 35 heavy (non-hydrogen) atoms. The summed E-state index contributed by atoms with van der Waals surface area (Å²) in [6, 6.07) is 7.19. The van der Waals surface area contributed by atoms with Gasteiger partial charge >= 0.3 is 11.7 Å². The van der Waals surface area contributed by atoms with Crippen molar-refractivity contribution >= 4 is 28.7 Å². The molecule has 0 spiro atoms. The fourth-order valence-corrected chi connectivity index (χ4v) is 3.67. The Kier molecular flexibility index (Phi) is 7.96. The number of aromatic nitrogens is 2. The predicted octanol–water partition coefficient (Wildman–Crippen LogP) is 3.77. The van der Waals surface area contributed by atoms with Crippen molar-refractivity contribution in [3.05, 3.63) is 52.0 Å². The second-order valence-electron chi connectivity index (χ2n) is 9.53. The molecule has 0 aliphatic heterocycles. The van der Waals surface area contributed by atoms with Crippen molar-refractivity contribution in [2.24, 2.45) is 0 Å². The maximum absolute atomic E-state index is 12.8. The summed E-state index contributed by atoms with van der Waals surface area (Å²) in [5.74, 6) is 0.577. The lowest BCUT2D eigenvalue weighted by Crippen LogP contribution is -2.45. The summed E-state index contributed by atoms with van der Waals surface area (Å²) in [5.41, 5.74) is 1.10. The quantitative estimate of drug-likeness (QED) is 0.468. The Morgan fingerprint density at radius 1 is 1.20 bits per heavy atom. The molecule has 0 aliphatic carbocycles. The third kappa shape index (κ3) is 6.48. The molecule has 2 heterocycles. The second kappa shape index (κ2) is 10.7. The van der Waals surface area contributed by atoms with Crippen LogP contribution in [0.25, 0.3) is 10.9 Å². The first kappa shape index (κ1) is 26.0. The number of rotatable bonds is 9. The number of ether oxygens (including phenoxy) is 1. The van der Waals surface area contributed by atoms with Crippen LogP contribution in [-0.4, -0.2) is 65.4 Å². The zero-order valence-corrected chi connectivity index (χ0v) is 21.1. The van der Waals surface area contributed by atoms with Crippen LogP contribution in [0, 0.1) is 6.92 Å². The second-order valence-corrected chi connectivity index (χ2v) is 9.53. The van der Waals surface area contributed by atoms with Gasteiger partial charge in [-0.25, -0.2) is 14.6 Å². The van der Waals surface area contributed by atoms with Gasteiger partial charge in [0, 0.05) is 30.9 Å². The number of fused-ring (bicyclic) bond motifs is 1. The Morgan fingerprint density at radius 2 is 1.94 bits per heavy atom. The molecule has 1 aromatic carbocycles. The summed E-state index contributed by atoms with van der Waals surface area (Å²) >= 11 is 0. The average molecular weight is 484 g/mol. The van der Waals surface area contributed by atoms with E-state index >= 15 is 0 Å². The normalized spacial score (nSPS) is 11.6. The number of aryl methyl sites for hydroxylation is 1. The van der Waals surface area contributed by atoms with E-state index in [1.807, 2.05) is 31.1 Å². The topological polar surface area (TPSA) is 121 Å². The largest absolute Gasteiger partial charge is 0.476 e. The molecule has 0 radical (unpaired) electrons. The highest BCUT2D eigenvalue weighted by Crippen LogP contribution is 2.31. The van der Waals surface area contributed by atoms with Gasteiger partial charge in [0.05, 0.1) is 16.6 Å². The minimum absolute atomic E-state index is 0.108. The van der Waals surface area contributed by atoms with Crippen LogP contribution in [-0.2, 0) is 6.42 Å². The standard InChI is InChI=1S/C25H33N5O5/c1-16-19(30(24(32)33)25(2,3)4)9-8-18-21(16)22(31)35-23(28-18)26-12-11-17-7-10-20(27-15-17)34-14-13-29(5)6/h7-10,15H,11-14H2,1-6H3,(H,26,28)(H,32,33). The van der Waals surface area contributed by atoms with Crippen LogP contribution in [0.1, 0.15) is 31.9 Å². The van der Waals surface area contributed by atoms with Gasteiger partial charge in [-0.1, -0.05) is 6.07 Å². The highest BCUT2D eigenvalue weighted by molar-refractivity contribution is 5.94. The van der Waals surface area contributed by atoms with E-state index in [2.05, 4.69) is 15.3 Å². The monoisotopic (exact) mass is 483 g/mol. The van der Waals surface area contributed by atoms with Gasteiger partial charge in [0.1, 0.15) is 6.61 Å². The molecule has 2 aromatic heterocycles. The molecule has 0 fully saturated rings. The molecule has 3 aromatic rings. The number of benzene rings is 1. The summed E-state index contributed by atoms with van der Waals surface area (Å²) in [7, 11) is 3.97. The van der Waals surface area contributed by atoms with Crippen LogP contribution >= 0.6 is 0 Å². The van der Waals surface area contributed by atoms with Crippen LogP contribution in [0.3, 0.4) is 0 Å². The third-order valence-electron chi connectivity index (χ3n) is 5.41. The van der Waals surface area contributed by atoms with E-state index in [1.165, 1.54) is 4.90 Å². The van der Waals surface area contributed by atoms with Crippen molar-refractivity contribution < 1.29 is 19.1 Å². The first-order chi connectivity index (χ1) is 16.5. The molecule has 0 unspecified atom stereocenters. The number of nitrogens with zero attached hydrogens (tertiary/aromatic N) is 4. The number of hydrogen-bond donors (Lipinski definition) is 2. The summed E-state index contributed by atoms with van der Waals surface area (Å²) < 4.78 is 11.0. The number of hydrogen-bond acceptors (Lipinski definition) is 8. The predicted molar refractivity (Wildman–Crippen MR) is 136 cm³/mol. The number of likely N-dealkylation sites (N-methyl/N-ethyl adjacent to an activating group) is 1. The van der Waals surface area contributed by atoms with Crippen LogP contribution < -0.4 is 20.6 Å². The Balaban J connectivity index is 1.70. The van der Waals surface area contributed by atoms with Gasteiger partial charge in [0.25, 0.3) is 6.01 Å². The summed E-state index contributed by atoms with van der Waals surface area (Å²) in [6.07, 6.45) is 1.30. The number of anilines is 2. The molecule has 0 aliphatic rings. The maximum atomic E-state index is 12.8. The lowest BCUT2D eigenvalue weighted by molar-refractivity contribution is 0.195. The van der Waals surface area contributed by atoms with Crippen molar-refractivity contribution in [2.75, 3.05) is 44.0 Å². The molecular formula is C25H33N5O5. The van der Waals surface area contributed by atoms with E-state index in [9.17, 15) is 14.7 Å². The molecule has 0 atom stereocenters. The number of amides is 1. The average Bonchev–Trinajstić information content (AvgIpc) is 2.75. The van der Waals surface area contributed by atoms with Crippen LogP contribution in [0.2, 0.25) is 0 Å². The van der Waals surface area contributed by atoms with E-state index in [0.29, 0.717) is 42.2 Å². The van der Waals surface area contributed by atoms with Gasteiger partial charge in [-0.3, -0.25) is 4.90 Å². The molecule has 0 saturated heterocycles. The smallest absolute Gasteiger partial charge is 0.412 e. The van der Waals surface area contributed by atoms with Crippen LogP contribution in [0.4, 0.5) is 16.5 Å². The minimum atomic E-state index is -1.10. The molecule has 0 bridgehead atoms. The molecule has 10 heteroatoms. The number of pyridine rings is 1. The van der Waals surface area contributed by atoms with E-state index in [4.69, 9.17) is 9.15 Å². The highest BCUT2D eigenvalue weighted by Gasteiger charge is 2.30. The van der Waals surface area contributed by atoms with Crippen LogP contribution in [0.5, 0.6) is 5.88 Å². The van der Waals surface area contributed by atoms with Gasteiger partial charge in [0.15, 0.2) is 0 Å². The lowest BCUT2D eigenvalue weighted by Gasteiger charge is -2.34. The van der Waals surface area contributed by atoms with E-state index in [-0.39, 0.29) is 11.4 Å². The zero-order valence-electron chi connectivity index (χ0n) is 21.1. The molecule has 10 nitrogen and oxygen atoms in total. The van der Waals surface area contributed by atoms with Gasteiger partial charge in [-0.05, 0) is 71.5 Å². The molecule has 3 rings (SSSR count). The maximum Gasteiger partial charge on any atom is 0.412 e. The van der Waals surface area contributed by atoms with Gasteiger partial charge < -0.3 is 24.5 Å². The lowest BCUT2D eigenvalue weighted by atomic mass is 10.0. The Bertz CT molecular complexity index is 1230. The summed E-state index contributed by atoms with van der Waals surface area (Å²) in [5, 5.41) is 13.0. The van der Waals surface area contributed by atoms with E-state index in [0.717, 1.165) is 12.1 Å². The summed E-state index contributed by atoms with van der Waals surface area (Å²) in [6.45, 7) is 8.94. The first-order valence-corrected chi connectivity index (χ1v) is 11.4. The van der Waals surface area contributed by atoms with Gasteiger partial charge in [-0.15, -0.1) is 0 Å². The van der Waals surface area contributed by atoms with Gasteiger partial charge in [0.2, 0.25) is 5.88 Å². The Hall–Kier alpha value is -3.66. The highest BCUT2D eigenvalue weighted by atomic mass is 16.5. The van der Waals surface area contributed by atoms with Crippen molar-refractivity contribution in [3.63, 3.8) is 0 Å². The Morgan fingerprint density at radius 3 is 2.54 bits per heavy atom. The van der Waals surface area contributed by atoms with Gasteiger partial charge in [-0.2, -0.15) is 4.98 Å².